The molecule has 2 N–H and O–H groups in total. The van der Waals surface area contributed by atoms with Gasteiger partial charge in [0.2, 0.25) is 11.3 Å². The van der Waals surface area contributed by atoms with E-state index in [0.717, 1.165) is 19.3 Å². The highest BCUT2D eigenvalue weighted by Crippen LogP contribution is 2.62. The maximum absolute atomic E-state index is 11.9. The Bertz CT molecular complexity index is 491. The molecule has 2 bridgehead atoms. The number of carbonyl (C=O) groups is 1. The molecule has 6 heteroatoms. The summed E-state index contributed by atoms with van der Waals surface area (Å²) in [4.78, 5) is 10.5. The molecule has 5 atom stereocenters. The highest BCUT2D eigenvalue weighted by atomic mass is 32.2. The molecule has 24 heavy (non-hydrogen) atoms. The first kappa shape index (κ1) is 19.6. The van der Waals surface area contributed by atoms with Crippen molar-refractivity contribution in [2.75, 3.05) is 6.61 Å². The molecule has 0 aromatic rings. The van der Waals surface area contributed by atoms with Crippen molar-refractivity contribution in [3.63, 3.8) is 0 Å². The van der Waals surface area contributed by atoms with Gasteiger partial charge in [-0.2, -0.15) is 0 Å². The SMILES string of the molecule is CCOS(=O)NC1C[C@H]2C[C@@H](C1C/C=C\CCCC(=O)O)C2(C)C. The summed E-state index contributed by atoms with van der Waals surface area (Å²) >= 11 is -1.41. The number of fused-ring (bicyclic) bond motifs is 2. The molecule has 3 saturated carbocycles. The summed E-state index contributed by atoms with van der Waals surface area (Å²) in [6.45, 7) is 6.99. The second kappa shape index (κ2) is 8.59. The lowest BCUT2D eigenvalue weighted by atomic mass is 9.44. The maximum atomic E-state index is 11.9. The third-order valence-corrected chi connectivity index (χ3v) is 6.87. The number of hydrogen-bond acceptors (Lipinski definition) is 3. The van der Waals surface area contributed by atoms with E-state index in [1.165, 1.54) is 6.42 Å². The Hall–Kier alpha value is -0.720. The van der Waals surface area contributed by atoms with Gasteiger partial charge in [-0.3, -0.25) is 8.98 Å². The Morgan fingerprint density at radius 1 is 1.38 bits per heavy atom. The highest BCUT2D eigenvalue weighted by molar-refractivity contribution is 7.78. The lowest BCUT2D eigenvalue weighted by Gasteiger charge is -2.62. The summed E-state index contributed by atoms with van der Waals surface area (Å²) in [6, 6.07) is 0.234. The van der Waals surface area contributed by atoms with Gasteiger partial charge in [-0.05, 0) is 62.2 Å². The molecule has 138 valence electrons. The van der Waals surface area contributed by atoms with E-state index in [1.54, 1.807) is 0 Å². The van der Waals surface area contributed by atoms with Crippen LogP contribution in [0.1, 0.15) is 59.3 Å². The number of aliphatic carboxylic acids is 1. The first-order chi connectivity index (χ1) is 11.4. The van der Waals surface area contributed by atoms with Crippen molar-refractivity contribution in [1.82, 2.24) is 4.72 Å². The Kier molecular flexibility index (Phi) is 7.01. The van der Waals surface area contributed by atoms with E-state index in [4.69, 9.17) is 9.29 Å². The topological polar surface area (TPSA) is 75.6 Å². The summed E-state index contributed by atoms with van der Waals surface area (Å²) in [6.07, 6.45) is 9.26. The molecule has 3 aliphatic carbocycles. The van der Waals surface area contributed by atoms with Gasteiger partial charge >= 0.3 is 5.97 Å². The normalized spacial score (nSPS) is 32.5. The van der Waals surface area contributed by atoms with Crippen molar-refractivity contribution in [2.24, 2.45) is 23.2 Å². The van der Waals surface area contributed by atoms with Gasteiger partial charge in [0.05, 0.1) is 6.61 Å². The molecule has 0 heterocycles. The largest absolute Gasteiger partial charge is 0.481 e. The lowest BCUT2D eigenvalue weighted by Crippen LogP contribution is -2.60. The van der Waals surface area contributed by atoms with Crippen LogP contribution < -0.4 is 4.72 Å². The fourth-order valence-corrected chi connectivity index (χ4v) is 5.22. The zero-order valence-electron chi connectivity index (χ0n) is 15.0. The predicted molar refractivity (Wildman–Crippen MR) is 95.4 cm³/mol. The zero-order chi connectivity index (χ0) is 17.7. The molecular weight excluding hydrogens is 326 g/mol. The number of hydrogen-bond donors (Lipinski definition) is 2. The van der Waals surface area contributed by atoms with Crippen LogP contribution >= 0.6 is 0 Å². The van der Waals surface area contributed by atoms with Crippen LogP contribution in [0.3, 0.4) is 0 Å². The fraction of sp³-hybridized carbons (Fsp3) is 0.833. The quantitative estimate of drug-likeness (QED) is 0.464. The van der Waals surface area contributed by atoms with Crippen molar-refractivity contribution >= 4 is 17.2 Å². The third-order valence-electron chi connectivity index (χ3n) is 5.93. The molecule has 3 fully saturated rings. The molecular formula is C18H31NO4S. The number of nitrogens with one attached hydrogen (secondary N) is 1. The number of carboxylic acid groups (broad SMARTS) is 1. The maximum Gasteiger partial charge on any atom is 0.303 e. The van der Waals surface area contributed by atoms with Gasteiger partial charge in [-0.1, -0.05) is 26.0 Å². The molecule has 0 spiro atoms. The van der Waals surface area contributed by atoms with E-state index >= 15 is 0 Å². The standard InChI is InChI=1S/C18H31NO4S/c1-4-23-24(22)19-16-12-13-11-15(18(13,2)3)14(16)9-7-5-6-8-10-17(20)21/h5,7,13-16,19H,4,6,8-12H2,1-3H3,(H,20,21)/b7-5-/t13-,14?,15+,16?,24?/m1/s1. The monoisotopic (exact) mass is 357 g/mol. The van der Waals surface area contributed by atoms with Crippen LogP contribution in [0.25, 0.3) is 0 Å². The smallest absolute Gasteiger partial charge is 0.303 e. The van der Waals surface area contributed by atoms with Gasteiger partial charge < -0.3 is 5.11 Å². The molecule has 3 rings (SSSR count). The molecule has 0 aromatic heterocycles. The van der Waals surface area contributed by atoms with E-state index in [9.17, 15) is 9.00 Å². The molecule has 5 nitrogen and oxygen atoms in total. The summed E-state index contributed by atoms with van der Waals surface area (Å²) in [7, 11) is 0. The lowest BCUT2D eigenvalue weighted by molar-refractivity contribution is -0.137. The number of carboxylic acids is 1. The molecule has 3 unspecified atom stereocenters. The van der Waals surface area contributed by atoms with Crippen LogP contribution in [0.2, 0.25) is 0 Å². The molecule has 0 aliphatic heterocycles. The minimum atomic E-state index is -1.41. The van der Waals surface area contributed by atoms with Gasteiger partial charge in [0.1, 0.15) is 0 Å². The second-order valence-corrected chi connectivity index (χ2v) is 8.56. The Morgan fingerprint density at radius 2 is 2.12 bits per heavy atom. The number of unbranched alkanes of at least 4 members (excludes halogenated alkanes) is 1. The second-order valence-electron chi connectivity index (χ2n) is 7.62. The Balaban J connectivity index is 1.89. The molecule has 0 radical (unpaired) electrons. The van der Waals surface area contributed by atoms with Crippen molar-refractivity contribution in [1.29, 1.82) is 0 Å². The first-order valence-electron chi connectivity index (χ1n) is 9.04. The van der Waals surface area contributed by atoms with Crippen LogP contribution in [-0.4, -0.2) is 27.9 Å². The van der Waals surface area contributed by atoms with E-state index in [2.05, 4.69) is 30.7 Å². The van der Waals surface area contributed by atoms with Gasteiger partial charge in [0, 0.05) is 12.5 Å². The molecule has 0 aromatic carbocycles. The van der Waals surface area contributed by atoms with Crippen LogP contribution in [0.4, 0.5) is 0 Å². The highest BCUT2D eigenvalue weighted by Gasteiger charge is 2.57. The molecule has 3 aliphatic rings. The summed E-state index contributed by atoms with van der Waals surface area (Å²) in [5.41, 5.74) is 0.368. The van der Waals surface area contributed by atoms with Gasteiger partial charge in [-0.15, -0.1) is 0 Å². The number of allylic oxidation sites excluding steroid dienone is 2. The summed E-state index contributed by atoms with van der Waals surface area (Å²) in [5, 5.41) is 8.66. The predicted octanol–water partition coefficient (Wildman–Crippen LogP) is 3.44. The van der Waals surface area contributed by atoms with E-state index in [0.29, 0.717) is 36.2 Å². The van der Waals surface area contributed by atoms with Crippen molar-refractivity contribution in [3.05, 3.63) is 12.2 Å². The summed E-state index contributed by atoms with van der Waals surface area (Å²) < 4.78 is 20.3. The average molecular weight is 358 g/mol. The Morgan fingerprint density at radius 3 is 2.75 bits per heavy atom. The molecule has 0 amide bonds. The van der Waals surface area contributed by atoms with Crippen LogP contribution in [-0.2, 0) is 20.2 Å². The fourth-order valence-electron chi connectivity index (χ4n) is 4.42. The van der Waals surface area contributed by atoms with Crippen LogP contribution in [0.5, 0.6) is 0 Å². The molecule has 0 saturated heterocycles. The van der Waals surface area contributed by atoms with Gasteiger partial charge in [-0.25, -0.2) is 8.93 Å². The first-order valence-corrected chi connectivity index (χ1v) is 10.1. The van der Waals surface area contributed by atoms with Gasteiger partial charge in [0.25, 0.3) is 0 Å². The number of rotatable bonds is 10. The van der Waals surface area contributed by atoms with Crippen molar-refractivity contribution in [2.45, 2.75) is 65.3 Å². The van der Waals surface area contributed by atoms with Crippen molar-refractivity contribution < 1.29 is 18.3 Å². The zero-order valence-corrected chi connectivity index (χ0v) is 15.8. The summed E-state index contributed by atoms with van der Waals surface area (Å²) in [5.74, 6) is 1.08. The Labute approximate surface area is 148 Å². The van der Waals surface area contributed by atoms with E-state index in [-0.39, 0.29) is 12.5 Å². The van der Waals surface area contributed by atoms with Crippen molar-refractivity contribution in [3.8, 4) is 0 Å². The van der Waals surface area contributed by atoms with Crippen LogP contribution in [0, 0.1) is 23.2 Å². The van der Waals surface area contributed by atoms with E-state index < -0.39 is 17.2 Å². The van der Waals surface area contributed by atoms with Crippen LogP contribution in [0.15, 0.2) is 12.2 Å². The average Bonchev–Trinajstić information content (AvgIpc) is 2.51. The third kappa shape index (κ3) is 4.67. The minimum Gasteiger partial charge on any atom is -0.481 e. The van der Waals surface area contributed by atoms with E-state index in [1.807, 2.05) is 6.92 Å². The van der Waals surface area contributed by atoms with Gasteiger partial charge in [0.15, 0.2) is 0 Å². The minimum absolute atomic E-state index is 0.225.